The lowest BCUT2D eigenvalue weighted by molar-refractivity contribution is -0.124. The summed E-state index contributed by atoms with van der Waals surface area (Å²) in [4.78, 5) is 22.9. The zero-order chi connectivity index (χ0) is 17.6. The van der Waals surface area contributed by atoms with Gasteiger partial charge in [-0.15, -0.1) is 0 Å². The van der Waals surface area contributed by atoms with Crippen LogP contribution < -0.4 is 21.1 Å². The Morgan fingerprint density at radius 3 is 2.39 bits per heavy atom. The van der Waals surface area contributed by atoms with Crippen molar-refractivity contribution in [2.75, 3.05) is 6.61 Å². The van der Waals surface area contributed by atoms with Gasteiger partial charge >= 0.3 is 6.03 Å². The number of amides is 3. The van der Waals surface area contributed by atoms with Crippen LogP contribution in [0.4, 0.5) is 9.18 Å². The number of para-hydroxylation sites is 1. The van der Waals surface area contributed by atoms with Gasteiger partial charge in [-0.25, -0.2) is 9.18 Å². The third-order valence-electron chi connectivity index (χ3n) is 3.36. The fourth-order valence-corrected chi connectivity index (χ4v) is 1.82. The second-order valence-electron chi connectivity index (χ2n) is 6.40. The van der Waals surface area contributed by atoms with E-state index < -0.39 is 17.9 Å². The van der Waals surface area contributed by atoms with Crippen LogP contribution in [0.3, 0.4) is 0 Å². The predicted octanol–water partition coefficient (Wildman–Crippen LogP) is 1.79. The van der Waals surface area contributed by atoms with Gasteiger partial charge in [-0.1, -0.05) is 32.9 Å². The molecule has 0 saturated carbocycles. The minimum absolute atomic E-state index is 0.0967. The number of hydrogen-bond acceptors (Lipinski definition) is 3. The lowest BCUT2D eigenvalue weighted by atomic mass is 9.87. The van der Waals surface area contributed by atoms with Crippen LogP contribution in [0.5, 0.6) is 5.75 Å². The molecular formula is C16H24FN3O3. The molecule has 1 aromatic carbocycles. The Labute approximate surface area is 135 Å². The highest BCUT2D eigenvalue weighted by Crippen LogP contribution is 2.22. The highest BCUT2D eigenvalue weighted by Gasteiger charge is 2.29. The van der Waals surface area contributed by atoms with Gasteiger partial charge in [0.05, 0.1) is 6.04 Å². The number of ether oxygens (including phenoxy) is 1. The highest BCUT2D eigenvalue weighted by atomic mass is 19.1. The van der Waals surface area contributed by atoms with Gasteiger partial charge in [0, 0.05) is 0 Å². The van der Waals surface area contributed by atoms with Crippen molar-refractivity contribution in [1.29, 1.82) is 0 Å². The molecule has 4 N–H and O–H groups in total. The van der Waals surface area contributed by atoms with Gasteiger partial charge in [0.2, 0.25) is 5.91 Å². The Balaban J connectivity index is 2.72. The second-order valence-corrected chi connectivity index (χ2v) is 6.40. The first-order chi connectivity index (χ1) is 10.6. The normalized spacial score (nSPS) is 13.8. The number of nitrogens with two attached hydrogens (primary N) is 1. The van der Waals surface area contributed by atoms with Crippen LogP contribution in [0, 0.1) is 11.2 Å². The molecule has 2 atom stereocenters. The molecule has 0 fully saturated rings. The molecule has 0 aromatic heterocycles. The van der Waals surface area contributed by atoms with Gasteiger partial charge in [0.1, 0.15) is 12.6 Å². The number of urea groups is 1. The van der Waals surface area contributed by atoms with Crippen molar-refractivity contribution in [3.63, 3.8) is 0 Å². The average Bonchev–Trinajstić information content (AvgIpc) is 2.42. The van der Waals surface area contributed by atoms with Gasteiger partial charge in [-0.05, 0) is 24.5 Å². The molecule has 1 aromatic rings. The van der Waals surface area contributed by atoms with Crippen LogP contribution in [0.1, 0.15) is 27.7 Å². The molecule has 23 heavy (non-hydrogen) atoms. The summed E-state index contributed by atoms with van der Waals surface area (Å²) in [7, 11) is 0. The Morgan fingerprint density at radius 2 is 1.87 bits per heavy atom. The minimum atomic E-state index is -0.775. The number of hydrogen-bond donors (Lipinski definition) is 3. The fourth-order valence-electron chi connectivity index (χ4n) is 1.82. The molecule has 0 bridgehead atoms. The molecule has 3 amide bonds. The average molecular weight is 325 g/mol. The number of benzene rings is 1. The van der Waals surface area contributed by atoms with E-state index in [1.165, 1.54) is 19.1 Å². The summed E-state index contributed by atoms with van der Waals surface area (Å²) in [5.41, 5.74) is 4.68. The van der Waals surface area contributed by atoms with Crippen molar-refractivity contribution in [1.82, 2.24) is 10.6 Å². The highest BCUT2D eigenvalue weighted by molar-refractivity contribution is 5.86. The van der Waals surface area contributed by atoms with Crippen molar-refractivity contribution in [2.24, 2.45) is 11.1 Å². The van der Waals surface area contributed by atoms with E-state index in [9.17, 15) is 14.0 Å². The molecule has 0 heterocycles. The number of halogens is 1. The van der Waals surface area contributed by atoms with Gasteiger partial charge in [0.15, 0.2) is 11.6 Å². The molecular weight excluding hydrogens is 301 g/mol. The predicted molar refractivity (Wildman–Crippen MR) is 85.5 cm³/mol. The van der Waals surface area contributed by atoms with Gasteiger partial charge in [0.25, 0.3) is 0 Å². The van der Waals surface area contributed by atoms with E-state index in [0.717, 1.165) is 0 Å². The quantitative estimate of drug-likeness (QED) is 0.744. The first-order valence-electron chi connectivity index (χ1n) is 7.35. The first kappa shape index (κ1) is 18.7. The summed E-state index contributed by atoms with van der Waals surface area (Å²) >= 11 is 0. The Bertz CT molecular complexity index is 558. The molecule has 7 heteroatoms. The summed E-state index contributed by atoms with van der Waals surface area (Å²) in [5, 5.41) is 5.10. The maximum atomic E-state index is 13.6. The van der Waals surface area contributed by atoms with Crippen molar-refractivity contribution in [2.45, 2.75) is 39.8 Å². The monoisotopic (exact) mass is 325 g/mol. The summed E-state index contributed by atoms with van der Waals surface area (Å²) in [5.74, 6) is -0.726. The zero-order valence-electron chi connectivity index (χ0n) is 13.9. The van der Waals surface area contributed by atoms with Gasteiger partial charge in [-0.3, -0.25) is 4.79 Å². The van der Waals surface area contributed by atoms with E-state index in [0.29, 0.717) is 0 Å². The van der Waals surface area contributed by atoms with E-state index in [1.54, 1.807) is 12.1 Å². The number of primary amides is 1. The second kappa shape index (κ2) is 7.80. The van der Waals surface area contributed by atoms with E-state index in [-0.39, 0.29) is 29.7 Å². The number of carbonyl (C=O) groups is 2. The van der Waals surface area contributed by atoms with Crippen molar-refractivity contribution in [3.8, 4) is 5.75 Å². The van der Waals surface area contributed by atoms with E-state index in [2.05, 4.69) is 10.6 Å². The van der Waals surface area contributed by atoms with E-state index >= 15 is 0 Å². The summed E-state index contributed by atoms with van der Waals surface area (Å²) in [6, 6.07) is 4.14. The van der Waals surface area contributed by atoms with Crippen LogP contribution >= 0.6 is 0 Å². The molecule has 6 nitrogen and oxygen atoms in total. The van der Waals surface area contributed by atoms with E-state index in [1.807, 2.05) is 20.8 Å². The Hall–Kier alpha value is -2.31. The van der Waals surface area contributed by atoms with Crippen molar-refractivity contribution in [3.05, 3.63) is 30.1 Å². The molecule has 0 aliphatic heterocycles. The Kier molecular flexibility index (Phi) is 6.36. The van der Waals surface area contributed by atoms with Crippen LogP contribution in [-0.4, -0.2) is 30.6 Å². The third-order valence-corrected chi connectivity index (χ3v) is 3.36. The van der Waals surface area contributed by atoms with Gasteiger partial charge in [-0.2, -0.15) is 0 Å². The number of rotatable bonds is 6. The fraction of sp³-hybridized carbons (Fsp3) is 0.500. The van der Waals surface area contributed by atoms with Crippen molar-refractivity contribution >= 4 is 11.9 Å². The van der Waals surface area contributed by atoms with Crippen LogP contribution in [0.25, 0.3) is 0 Å². The van der Waals surface area contributed by atoms with Gasteiger partial charge < -0.3 is 21.1 Å². The Morgan fingerprint density at radius 1 is 1.26 bits per heavy atom. The van der Waals surface area contributed by atoms with Crippen molar-refractivity contribution < 1.29 is 18.7 Å². The standard InChI is InChI=1S/C16H24FN3O3/c1-10(19-15(18)22)14(21)20-13(16(2,3)4)9-23-12-8-6-5-7-11(12)17/h5-8,10,13H,9H2,1-4H3,(H,20,21)(H3,18,19,22)/t10-,13-/m0/s1. The zero-order valence-corrected chi connectivity index (χ0v) is 13.9. The SMILES string of the molecule is C[C@H](NC(N)=O)C(=O)N[C@@H](COc1ccccc1F)C(C)(C)C. The first-order valence-corrected chi connectivity index (χ1v) is 7.35. The van der Waals surface area contributed by atoms with Crippen LogP contribution in [-0.2, 0) is 4.79 Å². The molecule has 1 rings (SSSR count). The smallest absolute Gasteiger partial charge is 0.312 e. The topological polar surface area (TPSA) is 93.5 Å². The maximum absolute atomic E-state index is 13.6. The maximum Gasteiger partial charge on any atom is 0.312 e. The summed E-state index contributed by atoms with van der Waals surface area (Å²) in [6.45, 7) is 7.40. The summed E-state index contributed by atoms with van der Waals surface area (Å²) in [6.07, 6.45) is 0. The molecule has 0 aliphatic carbocycles. The van der Waals surface area contributed by atoms with Crippen LogP contribution in [0.15, 0.2) is 24.3 Å². The summed E-state index contributed by atoms with van der Waals surface area (Å²) < 4.78 is 19.1. The molecule has 0 spiro atoms. The number of nitrogens with one attached hydrogen (secondary N) is 2. The van der Waals surface area contributed by atoms with E-state index in [4.69, 9.17) is 10.5 Å². The molecule has 0 aliphatic rings. The molecule has 0 saturated heterocycles. The largest absolute Gasteiger partial charge is 0.488 e. The minimum Gasteiger partial charge on any atom is -0.488 e. The lowest BCUT2D eigenvalue weighted by Crippen LogP contribution is -2.54. The molecule has 0 unspecified atom stereocenters. The molecule has 128 valence electrons. The number of carbonyl (C=O) groups excluding carboxylic acids is 2. The molecule has 0 radical (unpaired) electrons. The van der Waals surface area contributed by atoms with Crippen LogP contribution in [0.2, 0.25) is 0 Å². The third kappa shape index (κ3) is 6.14. The lowest BCUT2D eigenvalue weighted by Gasteiger charge is -2.32.